The molecule has 0 spiro atoms. The Labute approximate surface area is 120 Å². The summed E-state index contributed by atoms with van der Waals surface area (Å²) in [5.41, 5.74) is 18.0. The van der Waals surface area contributed by atoms with E-state index in [9.17, 15) is 0 Å². The molecule has 0 aliphatic heterocycles. The molecule has 20 heavy (non-hydrogen) atoms. The van der Waals surface area contributed by atoms with E-state index < -0.39 is 0 Å². The topological polar surface area (TPSA) is 52.0 Å². The number of nitrogen functional groups attached to an aromatic ring is 2. The van der Waals surface area contributed by atoms with E-state index in [1.54, 1.807) is 0 Å². The summed E-state index contributed by atoms with van der Waals surface area (Å²) in [6.45, 7) is 7.54. The Bertz CT molecular complexity index is 642. The number of anilines is 2. The summed E-state index contributed by atoms with van der Waals surface area (Å²) in [5.74, 6) is 0. The highest BCUT2D eigenvalue weighted by molar-refractivity contribution is 5.78. The lowest BCUT2D eigenvalue weighted by atomic mass is 9.97. The maximum atomic E-state index is 6.10. The average molecular weight is 264 g/mol. The van der Waals surface area contributed by atoms with Gasteiger partial charge in [-0.2, -0.15) is 0 Å². The zero-order valence-corrected chi connectivity index (χ0v) is 11.6. The van der Waals surface area contributed by atoms with Crippen molar-refractivity contribution in [3.05, 3.63) is 72.8 Å². The van der Waals surface area contributed by atoms with Gasteiger partial charge in [0.25, 0.3) is 0 Å². The van der Waals surface area contributed by atoms with Crippen LogP contribution in [0.25, 0.3) is 11.1 Å². The van der Waals surface area contributed by atoms with Crippen LogP contribution in [-0.4, -0.2) is 0 Å². The molecule has 0 amide bonds. The molecule has 0 unspecified atom stereocenters. The Kier molecular flexibility index (Phi) is 4.26. The first-order valence-corrected chi connectivity index (χ1v) is 6.64. The van der Waals surface area contributed by atoms with Crippen molar-refractivity contribution in [3.8, 4) is 11.1 Å². The molecule has 2 rings (SSSR count). The predicted molar refractivity (Wildman–Crippen MR) is 88.5 cm³/mol. The normalized spacial score (nSPS) is 10.2. The maximum absolute atomic E-state index is 6.10. The Morgan fingerprint density at radius 2 is 1.55 bits per heavy atom. The summed E-state index contributed by atoms with van der Waals surface area (Å²) < 4.78 is 0. The van der Waals surface area contributed by atoms with Crippen molar-refractivity contribution < 1.29 is 0 Å². The maximum Gasteiger partial charge on any atom is 0.0393 e. The Hall–Kier alpha value is -2.48. The van der Waals surface area contributed by atoms with Crippen LogP contribution in [-0.2, 0) is 12.8 Å². The molecule has 2 heteroatoms. The molecule has 0 radical (unpaired) electrons. The highest BCUT2D eigenvalue weighted by Gasteiger charge is 2.06. The van der Waals surface area contributed by atoms with Crippen LogP contribution < -0.4 is 11.5 Å². The molecule has 0 saturated heterocycles. The average Bonchev–Trinajstić information content (AvgIpc) is 2.44. The molecule has 102 valence electrons. The van der Waals surface area contributed by atoms with Gasteiger partial charge in [-0.1, -0.05) is 24.3 Å². The van der Waals surface area contributed by atoms with Crippen LogP contribution in [0.3, 0.4) is 0 Å². The summed E-state index contributed by atoms with van der Waals surface area (Å²) >= 11 is 0. The van der Waals surface area contributed by atoms with Crippen LogP contribution >= 0.6 is 0 Å². The molecule has 4 N–H and O–H groups in total. The number of hydrogen-bond acceptors (Lipinski definition) is 2. The summed E-state index contributed by atoms with van der Waals surface area (Å²) in [4.78, 5) is 0. The first-order chi connectivity index (χ1) is 9.65. The van der Waals surface area contributed by atoms with Gasteiger partial charge in [-0.15, -0.1) is 13.2 Å². The zero-order valence-electron chi connectivity index (χ0n) is 11.6. The summed E-state index contributed by atoms with van der Waals surface area (Å²) in [6.07, 6.45) is 5.34. The van der Waals surface area contributed by atoms with Crippen molar-refractivity contribution in [1.82, 2.24) is 0 Å². The van der Waals surface area contributed by atoms with Gasteiger partial charge in [-0.3, -0.25) is 0 Å². The molecule has 0 bridgehead atoms. The smallest absolute Gasteiger partial charge is 0.0393 e. The van der Waals surface area contributed by atoms with Crippen LogP contribution in [0.15, 0.2) is 61.7 Å². The van der Waals surface area contributed by atoms with Crippen LogP contribution in [0.4, 0.5) is 11.4 Å². The second kappa shape index (κ2) is 6.11. The molecular formula is C18H20N2. The highest BCUT2D eigenvalue weighted by atomic mass is 14.6. The fraction of sp³-hybridized carbons (Fsp3) is 0.111. The van der Waals surface area contributed by atoms with E-state index in [-0.39, 0.29) is 0 Å². The van der Waals surface area contributed by atoms with E-state index in [0.717, 1.165) is 40.9 Å². The summed E-state index contributed by atoms with van der Waals surface area (Å²) in [6, 6.07) is 12.1. The van der Waals surface area contributed by atoms with Gasteiger partial charge in [0.2, 0.25) is 0 Å². The van der Waals surface area contributed by atoms with Gasteiger partial charge >= 0.3 is 0 Å². The Balaban J connectivity index is 2.49. The van der Waals surface area contributed by atoms with Gasteiger partial charge < -0.3 is 11.5 Å². The molecule has 0 aromatic heterocycles. The minimum absolute atomic E-state index is 0.756. The van der Waals surface area contributed by atoms with Crippen molar-refractivity contribution in [1.29, 1.82) is 0 Å². The molecular weight excluding hydrogens is 244 g/mol. The second-order valence-electron chi connectivity index (χ2n) is 4.82. The number of nitrogens with two attached hydrogens (primary N) is 2. The van der Waals surface area contributed by atoms with E-state index in [1.165, 1.54) is 5.56 Å². The molecule has 0 aliphatic rings. The van der Waals surface area contributed by atoms with E-state index >= 15 is 0 Å². The first kappa shape index (κ1) is 13.9. The van der Waals surface area contributed by atoms with Gasteiger partial charge in [0, 0.05) is 16.9 Å². The fourth-order valence-corrected chi connectivity index (χ4v) is 2.25. The standard InChI is InChI=1S/C18H20N2/c1-3-5-13-7-9-18(20)16(11-13)14-8-10-17(19)15(12-14)6-4-2/h3-4,7-12H,1-2,5-6,19-20H2. The molecule has 2 nitrogen and oxygen atoms in total. The number of rotatable bonds is 5. The Morgan fingerprint density at radius 1 is 0.850 bits per heavy atom. The van der Waals surface area contributed by atoms with Crippen molar-refractivity contribution in [2.75, 3.05) is 11.5 Å². The van der Waals surface area contributed by atoms with Crippen LogP contribution in [0.5, 0.6) is 0 Å². The molecule has 0 atom stereocenters. The number of benzene rings is 2. The fourth-order valence-electron chi connectivity index (χ4n) is 2.25. The molecule has 0 aliphatic carbocycles. The largest absolute Gasteiger partial charge is 0.398 e. The van der Waals surface area contributed by atoms with Gasteiger partial charge in [0.1, 0.15) is 0 Å². The zero-order chi connectivity index (χ0) is 14.5. The summed E-state index contributed by atoms with van der Waals surface area (Å²) in [7, 11) is 0. The first-order valence-electron chi connectivity index (χ1n) is 6.64. The molecule has 0 heterocycles. The van der Waals surface area contributed by atoms with Gasteiger partial charge in [-0.25, -0.2) is 0 Å². The van der Waals surface area contributed by atoms with Gasteiger partial charge in [0.15, 0.2) is 0 Å². The number of hydrogen-bond donors (Lipinski definition) is 2. The van der Waals surface area contributed by atoms with Crippen LogP contribution in [0.2, 0.25) is 0 Å². The van der Waals surface area contributed by atoms with Crippen molar-refractivity contribution in [2.45, 2.75) is 12.8 Å². The van der Waals surface area contributed by atoms with Crippen molar-refractivity contribution in [2.24, 2.45) is 0 Å². The minimum atomic E-state index is 0.756. The molecule has 0 fully saturated rings. The van der Waals surface area contributed by atoms with Crippen molar-refractivity contribution >= 4 is 11.4 Å². The van der Waals surface area contributed by atoms with E-state index in [0.29, 0.717) is 0 Å². The van der Waals surface area contributed by atoms with Gasteiger partial charge in [0.05, 0.1) is 0 Å². The summed E-state index contributed by atoms with van der Waals surface area (Å²) in [5, 5.41) is 0. The van der Waals surface area contributed by atoms with Crippen LogP contribution in [0, 0.1) is 0 Å². The minimum Gasteiger partial charge on any atom is -0.398 e. The Morgan fingerprint density at radius 3 is 2.25 bits per heavy atom. The lowest BCUT2D eigenvalue weighted by Crippen LogP contribution is -1.96. The molecule has 2 aromatic rings. The van der Waals surface area contributed by atoms with Crippen molar-refractivity contribution in [3.63, 3.8) is 0 Å². The second-order valence-corrected chi connectivity index (χ2v) is 4.82. The number of allylic oxidation sites excluding steroid dienone is 2. The molecule has 2 aromatic carbocycles. The molecule has 0 saturated carbocycles. The SMILES string of the molecule is C=CCc1ccc(N)c(-c2ccc(N)c(CC=C)c2)c1. The third kappa shape index (κ3) is 2.91. The van der Waals surface area contributed by atoms with E-state index in [1.807, 2.05) is 36.4 Å². The van der Waals surface area contributed by atoms with E-state index in [4.69, 9.17) is 11.5 Å². The van der Waals surface area contributed by atoms with Gasteiger partial charge in [-0.05, 0) is 53.8 Å². The van der Waals surface area contributed by atoms with Crippen LogP contribution in [0.1, 0.15) is 11.1 Å². The lowest BCUT2D eigenvalue weighted by Gasteiger charge is -2.11. The highest BCUT2D eigenvalue weighted by Crippen LogP contribution is 2.30. The lowest BCUT2D eigenvalue weighted by molar-refractivity contribution is 1.27. The quantitative estimate of drug-likeness (QED) is 0.634. The third-order valence-electron chi connectivity index (χ3n) is 3.32. The monoisotopic (exact) mass is 264 g/mol. The third-order valence-corrected chi connectivity index (χ3v) is 3.32. The van der Waals surface area contributed by atoms with E-state index in [2.05, 4.69) is 25.3 Å². The predicted octanol–water partition coefficient (Wildman–Crippen LogP) is 3.98.